The van der Waals surface area contributed by atoms with Crippen LogP contribution in [0, 0.1) is 20.8 Å². The topological polar surface area (TPSA) is 98.2 Å². The maximum Gasteiger partial charge on any atom is 0.248 e. The molecular formula is C26H28N6O2. The second-order valence-corrected chi connectivity index (χ2v) is 9.00. The summed E-state index contributed by atoms with van der Waals surface area (Å²) in [6.45, 7) is 7.25. The van der Waals surface area contributed by atoms with Crippen LogP contribution in [0.5, 0.6) is 0 Å². The molecule has 5 rings (SSSR count). The van der Waals surface area contributed by atoms with E-state index < -0.39 is 6.61 Å². The van der Waals surface area contributed by atoms with Gasteiger partial charge in [0, 0.05) is 37.5 Å². The number of hydrogen-bond acceptors (Lipinski definition) is 6. The number of H-pyrrole nitrogens is 1. The molecule has 0 atom stereocenters. The molecule has 34 heavy (non-hydrogen) atoms. The van der Waals surface area contributed by atoms with Gasteiger partial charge in [-0.1, -0.05) is 18.2 Å². The predicted molar refractivity (Wildman–Crippen MR) is 133 cm³/mol. The summed E-state index contributed by atoms with van der Waals surface area (Å²) in [5.74, 6) is 0.589. The molecular weight excluding hydrogens is 428 g/mol. The number of rotatable bonds is 5. The number of benzene rings is 1. The number of amides is 1. The first kappa shape index (κ1) is 22.0. The van der Waals surface area contributed by atoms with Crippen LogP contribution in [-0.4, -0.2) is 68.9 Å². The van der Waals surface area contributed by atoms with Gasteiger partial charge >= 0.3 is 0 Å². The minimum Gasteiger partial charge on any atom is -0.387 e. The van der Waals surface area contributed by atoms with Gasteiger partial charge in [-0.2, -0.15) is 5.10 Å². The molecule has 4 aromatic rings. The van der Waals surface area contributed by atoms with Gasteiger partial charge in [0.15, 0.2) is 0 Å². The number of carbonyl (C=O) groups excluding carboxylic acids is 1. The molecule has 0 saturated carbocycles. The largest absolute Gasteiger partial charge is 0.387 e. The molecule has 174 valence electrons. The fourth-order valence-electron chi connectivity index (χ4n) is 4.45. The van der Waals surface area contributed by atoms with E-state index >= 15 is 0 Å². The molecule has 0 spiro atoms. The summed E-state index contributed by atoms with van der Waals surface area (Å²) < 4.78 is 0. The first-order valence-electron chi connectivity index (χ1n) is 11.4. The van der Waals surface area contributed by atoms with Gasteiger partial charge < -0.3 is 14.9 Å². The Kier molecular flexibility index (Phi) is 5.53. The summed E-state index contributed by atoms with van der Waals surface area (Å²) in [6.07, 6.45) is 1.82. The number of aromatic amines is 1. The second-order valence-electron chi connectivity index (χ2n) is 9.00. The number of aryl methyl sites for hydroxylation is 2. The van der Waals surface area contributed by atoms with E-state index in [1.54, 1.807) is 11.9 Å². The van der Waals surface area contributed by atoms with E-state index in [1.165, 1.54) is 11.1 Å². The zero-order valence-electron chi connectivity index (χ0n) is 19.8. The monoisotopic (exact) mass is 456 g/mol. The summed E-state index contributed by atoms with van der Waals surface area (Å²) in [5, 5.41) is 16.7. The third-order valence-electron chi connectivity index (χ3n) is 6.87. The number of nitrogens with zero attached hydrogens (tertiary/aromatic N) is 5. The van der Waals surface area contributed by atoms with Crippen LogP contribution in [0.2, 0.25) is 0 Å². The molecule has 1 fully saturated rings. The third-order valence-corrected chi connectivity index (χ3v) is 6.87. The van der Waals surface area contributed by atoms with E-state index in [0.29, 0.717) is 13.1 Å². The Morgan fingerprint density at radius 2 is 1.94 bits per heavy atom. The minimum absolute atomic E-state index is 0.0901. The summed E-state index contributed by atoms with van der Waals surface area (Å²) >= 11 is 0. The molecule has 1 saturated heterocycles. The maximum atomic E-state index is 11.7. The van der Waals surface area contributed by atoms with Crippen LogP contribution in [0.4, 0.5) is 5.82 Å². The molecule has 0 aliphatic carbocycles. The summed E-state index contributed by atoms with van der Waals surface area (Å²) in [6, 6.07) is 12.5. The fourth-order valence-corrected chi connectivity index (χ4v) is 4.45. The lowest BCUT2D eigenvalue weighted by molar-refractivity contribution is -0.135. The number of aromatic nitrogens is 4. The lowest BCUT2D eigenvalue weighted by atomic mass is 9.97. The van der Waals surface area contributed by atoms with Crippen LogP contribution in [-0.2, 0) is 4.79 Å². The summed E-state index contributed by atoms with van der Waals surface area (Å²) in [5.41, 5.74) is 9.06. The Morgan fingerprint density at radius 1 is 1.15 bits per heavy atom. The van der Waals surface area contributed by atoms with E-state index in [-0.39, 0.29) is 11.9 Å². The molecule has 8 nitrogen and oxygen atoms in total. The van der Waals surface area contributed by atoms with Gasteiger partial charge in [0.05, 0.1) is 17.3 Å². The zero-order valence-corrected chi connectivity index (χ0v) is 19.8. The molecule has 0 radical (unpaired) electrons. The average Bonchev–Trinajstić information content (AvgIpc) is 3.22. The highest BCUT2D eigenvalue weighted by Crippen LogP contribution is 2.32. The van der Waals surface area contributed by atoms with E-state index in [0.717, 1.165) is 44.9 Å². The normalized spacial score (nSPS) is 13.9. The van der Waals surface area contributed by atoms with Gasteiger partial charge in [0.2, 0.25) is 5.91 Å². The van der Waals surface area contributed by atoms with Gasteiger partial charge in [0.25, 0.3) is 0 Å². The average molecular weight is 457 g/mol. The molecule has 3 aromatic heterocycles. The van der Waals surface area contributed by atoms with Gasteiger partial charge in [-0.05, 0) is 55.7 Å². The molecule has 0 bridgehead atoms. The molecule has 8 heteroatoms. The smallest absolute Gasteiger partial charge is 0.248 e. The predicted octanol–water partition coefficient (Wildman–Crippen LogP) is 3.25. The highest BCUT2D eigenvalue weighted by molar-refractivity contribution is 5.92. The molecule has 0 unspecified atom stereocenters. The van der Waals surface area contributed by atoms with E-state index in [1.807, 2.05) is 18.3 Å². The van der Waals surface area contributed by atoms with Gasteiger partial charge in [-0.25, -0.2) is 9.97 Å². The molecule has 2 N–H and O–H groups in total. The van der Waals surface area contributed by atoms with E-state index in [2.05, 4.69) is 65.1 Å². The van der Waals surface area contributed by atoms with Crippen LogP contribution in [0.1, 0.15) is 16.7 Å². The van der Waals surface area contributed by atoms with Gasteiger partial charge in [-0.15, -0.1) is 0 Å². The number of pyridine rings is 2. The standard InChI is InChI=1S/C26H28N6O2/c1-15-6-5-7-20(17(15)3)24-16(2)10-21-26(28-24)25(30-29-21)18-8-9-22(27-11-18)32-12-19(13-32)31(4)23(34)14-33/h5-11,19,33H,12-14H2,1-4H3,(H,29,30). The number of aliphatic hydroxyl groups is 1. The van der Waals surface area contributed by atoms with E-state index in [9.17, 15) is 4.79 Å². The van der Waals surface area contributed by atoms with Crippen LogP contribution >= 0.6 is 0 Å². The third kappa shape index (κ3) is 3.70. The van der Waals surface area contributed by atoms with Crippen LogP contribution < -0.4 is 4.90 Å². The summed E-state index contributed by atoms with van der Waals surface area (Å²) in [4.78, 5) is 25.0. The Balaban J connectivity index is 1.42. The molecule has 1 aliphatic rings. The SMILES string of the molecule is Cc1cc2[nH]nc(-c3ccc(N4CC(N(C)C(=O)CO)C4)nc3)c2nc1-c1cccc(C)c1C. The van der Waals surface area contributed by atoms with Crippen molar-refractivity contribution in [3.05, 3.63) is 59.3 Å². The van der Waals surface area contributed by atoms with Crippen molar-refractivity contribution in [2.24, 2.45) is 0 Å². The molecule has 4 heterocycles. The second kappa shape index (κ2) is 8.53. The minimum atomic E-state index is -0.462. The Labute approximate surface area is 198 Å². The highest BCUT2D eigenvalue weighted by Gasteiger charge is 2.32. The zero-order chi connectivity index (χ0) is 24.0. The van der Waals surface area contributed by atoms with Gasteiger partial charge in [0.1, 0.15) is 23.6 Å². The number of fused-ring (bicyclic) bond motifs is 1. The van der Waals surface area contributed by atoms with Crippen LogP contribution in [0.15, 0.2) is 42.6 Å². The van der Waals surface area contributed by atoms with Crippen LogP contribution in [0.3, 0.4) is 0 Å². The quantitative estimate of drug-likeness (QED) is 0.478. The van der Waals surface area contributed by atoms with Crippen molar-refractivity contribution < 1.29 is 9.90 Å². The Hall–Kier alpha value is -3.78. The molecule has 1 aliphatic heterocycles. The van der Waals surface area contributed by atoms with Crippen molar-refractivity contribution in [1.29, 1.82) is 0 Å². The maximum absolute atomic E-state index is 11.7. The van der Waals surface area contributed by atoms with Crippen LogP contribution in [0.25, 0.3) is 33.5 Å². The van der Waals surface area contributed by atoms with Gasteiger partial charge in [-0.3, -0.25) is 9.89 Å². The number of likely N-dealkylation sites (N-methyl/N-ethyl adjacent to an activating group) is 1. The molecule has 1 amide bonds. The number of carbonyl (C=O) groups is 1. The summed E-state index contributed by atoms with van der Waals surface area (Å²) in [7, 11) is 1.72. The lowest BCUT2D eigenvalue weighted by Gasteiger charge is -2.44. The van der Waals surface area contributed by atoms with Crippen molar-refractivity contribution in [1.82, 2.24) is 25.1 Å². The number of hydrogen-bond donors (Lipinski definition) is 2. The van der Waals surface area contributed by atoms with Crippen molar-refractivity contribution in [3.8, 4) is 22.5 Å². The number of anilines is 1. The van der Waals surface area contributed by atoms with Crippen molar-refractivity contribution >= 4 is 22.8 Å². The van der Waals surface area contributed by atoms with Crippen molar-refractivity contribution in [3.63, 3.8) is 0 Å². The van der Waals surface area contributed by atoms with E-state index in [4.69, 9.17) is 10.1 Å². The Morgan fingerprint density at radius 3 is 2.65 bits per heavy atom. The first-order valence-corrected chi connectivity index (χ1v) is 11.4. The first-order chi connectivity index (χ1) is 16.4. The van der Waals surface area contributed by atoms with Crippen molar-refractivity contribution in [2.45, 2.75) is 26.8 Å². The fraction of sp³-hybridized carbons (Fsp3) is 0.308. The lowest BCUT2D eigenvalue weighted by Crippen LogP contribution is -2.60. The number of nitrogens with one attached hydrogen (secondary N) is 1. The number of aliphatic hydroxyl groups excluding tert-OH is 1. The Bertz CT molecular complexity index is 1370. The molecule has 1 aromatic carbocycles. The van der Waals surface area contributed by atoms with Crippen molar-refractivity contribution in [2.75, 3.05) is 31.6 Å². The highest BCUT2D eigenvalue weighted by atomic mass is 16.3.